The molecule has 0 bridgehead atoms. The Morgan fingerprint density at radius 2 is 2.12 bits per heavy atom. The lowest BCUT2D eigenvalue weighted by atomic mass is 9.79. The Hall–Kier alpha value is -0.590. The third kappa shape index (κ3) is 4.29. The van der Waals surface area contributed by atoms with E-state index in [1.54, 1.807) is 0 Å². The average molecular weight is 238 g/mol. The van der Waals surface area contributed by atoms with Crippen molar-refractivity contribution in [2.24, 2.45) is 11.8 Å². The van der Waals surface area contributed by atoms with Gasteiger partial charge in [-0.25, -0.2) is 0 Å². The van der Waals surface area contributed by atoms with Crippen molar-refractivity contribution in [2.45, 2.75) is 52.0 Å². The van der Waals surface area contributed by atoms with Crippen LogP contribution in [0.1, 0.15) is 46.0 Å². The molecule has 3 atom stereocenters. The summed E-state index contributed by atoms with van der Waals surface area (Å²) in [4.78, 5) is 2.34. The molecule has 17 heavy (non-hydrogen) atoms. The molecule has 0 saturated heterocycles. The maximum atomic E-state index is 9.25. The van der Waals surface area contributed by atoms with Gasteiger partial charge in [-0.05, 0) is 38.1 Å². The third-order valence-corrected chi connectivity index (χ3v) is 3.90. The lowest BCUT2D eigenvalue weighted by molar-refractivity contribution is 0.0843. The number of hydrogen-bond donors (Lipinski definition) is 1. The second-order valence-electron chi connectivity index (χ2n) is 5.33. The number of aliphatic hydroxyl groups is 1. The normalized spacial score (nSPS) is 29.2. The molecule has 0 radical (unpaired) electrons. The largest absolute Gasteiger partial charge is 0.395 e. The molecule has 3 nitrogen and oxygen atoms in total. The lowest BCUT2D eigenvalue weighted by Crippen LogP contribution is -2.45. The number of aliphatic hydroxyl groups excluding tert-OH is 1. The van der Waals surface area contributed by atoms with Crippen LogP contribution in [-0.2, 0) is 0 Å². The molecule has 98 valence electrons. The zero-order valence-corrected chi connectivity index (χ0v) is 11.2. The third-order valence-electron chi connectivity index (χ3n) is 3.90. The molecule has 3 heteroatoms. The lowest BCUT2D eigenvalue weighted by Gasteiger charge is -2.39. The van der Waals surface area contributed by atoms with E-state index in [0.29, 0.717) is 12.0 Å². The van der Waals surface area contributed by atoms with E-state index in [4.69, 9.17) is 5.11 Å². The Morgan fingerprint density at radius 1 is 1.35 bits per heavy atom. The Balaban J connectivity index is 2.63. The molecule has 0 amide bonds. The van der Waals surface area contributed by atoms with E-state index in [0.717, 1.165) is 32.4 Å². The van der Waals surface area contributed by atoms with Crippen molar-refractivity contribution in [3.05, 3.63) is 0 Å². The zero-order valence-electron chi connectivity index (χ0n) is 11.2. The van der Waals surface area contributed by atoms with E-state index in [2.05, 4.69) is 24.8 Å². The van der Waals surface area contributed by atoms with Crippen LogP contribution in [0, 0.1) is 23.2 Å². The Labute approximate surface area is 105 Å². The fraction of sp³-hybridized carbons (Fsp3) is 0.929. The maximum absolute atomic E-state index is 9.25. The van der Waals surface area contributed by atoms with E-state index < -0.39 is 0 Å². The van der Waals surface area contributed by atoms with Gasteiger partial charge in [-0.2, -0.15) is 5.26 Å². The monoisotopic (exact) mass is 238 g/mol. The molecule has 1 aliphatic rings. The Morgan fingerprint density at radius 3 is 2.71 bits per heavy atom. The molecule has 0 aromatic heterocycles. The number of unbranched alkanes of at least 4 members (excludes halogenated alkanes) is 1. The maximum Gasteiger partial charge on any atom is 0.0672 e. The molecular weight excluding hydrogens is 212 g/mol. The molecule has 1 rings (SSSR count). The van der Waals surface area contributed by atoms with Crippen molar-refractivity contribution in [3.63, 3.8) is 0 Å². The predicted molar refractivity (Wildman–Crippen MR) is 69.5 cm³/mol. The van der Waals surface area contributed by atoms with E-state index in [-0.39, 0.29) is 12.5 Å². The summed E-state index contributed by atoms with van der Waals surface area (Å²) < 4.78 is 0. The quantitative estimate of drug-likeness (QED) is 0.773. The number of hydrogen-bond acceptors (Lipinski definition) is 3. The zero-order chi connectivity index (χ0) is 12.7. The van der Waals surface area contributed by atoms with Crippen LogP contribution in [0.4, 0.5) is 0 Å². The summed E-state index contributed by atoms with van der Waals surface area (Å²) >= 11 is 0. The van der Waals surface area contributed by atoms with Crippen LogP contribution in [0.25, 0.3) is 0 Å². The van der Waals surface area contributed by atoms with Gasteiger partial charge in [-0.3, -0.25) is 4.90 Å². The summed E-state index contributed by atoms with van der Waals surface area (Å²) in [5.41, 5.74) is 0. The highest BCUT2D eigenvalue weighted by Crippen LogP contribution is 2.31. The first-order valence-corrected chi connectivity index (χ1v) is 6.97. The molecule has 1 saturated carbocycles. The molecule has 0 heterocycles. The molecule has 0 spiro atoms. The highest BCUT2D eigenvalue weighted by Gasteiger charge is 2.32. The van der Waals surface area contributed by atoms with Crippen molar-refractivity contribution in [1.29, 1.82) is 5.26 Å². The summed E-state index contributed by atoms with van der Waals surface area (Å²) in [6.45, 7) is 6.40. The van der Waals surface area contributed by atoms with E-state index in [1.165, 1.54) is 12.8 Å². The van der Waals surface area contributed by atoms with Crippen molar-refractivity contribution in [3.8, 4) is 6.07 Å². The predicted octanol–water partition coefficient (Wildman–Crippen LogP) is 2.41. The van der Waals surface area contributed by atoms with Gasteiger partial charge < -0.3 is 5.11 Å². The topological polar surface area (TPSA) is 47.3 Å². The fourth-order valence-corrected chi connectivity index (χ4v) is 2.84. The van der Waals surface area contributed by atoms with Crippen molar-refractivity contribution in [1.82, 2.24) is 4.90 Å². The minimum Gasteiger partial charge on any atom is -0.395 e. The van der Waals surface area contributed by atoms with Gasteiger partial charge in [0.15, 0.2) is 0 Å². The minimum absolute atomic E-state index is 0.162. The minimum atomic E-state index is 0.162. The van der Waals surface area contributed by atoms with Gasteiger partial charge in [0.2, 0.25) is 0 Å². The van der Waals surface area contributed by atoms with Gasteiger partial charge in [0.05, 0.1) is 18.6 Å². The summed E-state index contributed by atoms with van der Waals surface area (Å²) in [5, 5.41) is 18.4. The van der Waals surface area contributed by atoms with Gasteiger partial charge >= 0.3 is 0 Å². The van der Waals surface area contributed by atoms with E-state index >= 15 is 0 Å². The molecule has 1 N–H and O–H groups in total. The Kier molecular flexibility index (Phi) is 6.54. The molecular formula is C14H26N2O. The van der Waals surface area contributed by atoms with Crippen molar-refractivity contribution in [2.75, 3.05) is 19.7 Å². The first-order valence-electron chi connectivity index (χ1n) is 6.97. The summed E-state index contributed by atoms with van der Waals surface area (Å²) in [7, 11) is 0. The van der Waals surface area contributed by atoms with Crippen LogP contribution in [0.5, 0.6) is 0 Å². The number of nitriles is 1. The molecule has 1 aliphatic carbocycles. The van der Waals surface area contributed by atoms with Crippen LogP contribution in [0.3, 0.4) is 0 Å². The van der Waals surface area contributed by atoms with Crippen molar-refractivity contribution < 1.29 is 5.11 Å². The molecule has 0 aromatic carbocycles. The van der Waals surface area contributed by atoms with Crippen molar-refractivity contribution >= 4 is 0 Å². The highest BCUT2D eigenvalue weighted by molar-refractivity contribution is 4.97. The summed E-state index contributed by atoms with van der Waals surface area (Å²) in [6.07, 6.45) is 5.64. The summed E-state index contributed by atoms with van der Waals surface area (Å²) in [6, 6.07) is 2.83. The smallest absolute Gasteiger partial charge is 0.0672 e. The van der Waals surface area contributed by atoms with Gasteiger partial charge in [0.25, 0.3) is 0 Å². The number of nitrogens with zero attached hydrogens (tertiary/aromatic N) is 2. The van der Waals surface area contributed by atoms with Crippen LogP contribution in [-0.4, -0.2) is 35.7 Å². The molecule has 3 unspecified atom stereocenters. The van der Waals surface area contributed by atoms with Crippen LogP contribution >= 0.6 is 0 Å². The fourth-order valence-electron chi connectivity index (χ4n) is 2.84. The summed E-state index contributed by atoms with van der Waals surface area (Å²) in [5.74, 6) is 0.877. The molecule has 1 fully saturated rings. The first kappa shape index (κ1) is 14.5. The van der Waals surface area contributed by atoms with Crippen LogP contribution < -0.4 is 0 Å². The van der Waals surface area contributed by atoms with Gasteiger partial charge in [-0.1, -0.05) is 20.3 Å². The van der Waals surface area contributed by atoms with Crippen LogP contribution in [0.15, 0.2) is 0 Å². The second kappa shape index (κ2) is 7.68. The van der Waals surface area contributed by atoms with Gasteiger partial charge in [0.1, 0.15) is 0 Å². The second-order valence-corrected chi connectivity index (χ2v) is 5.33. The van der Waals surface area contributed by atoms with Gasteiger partial charge in [-0.15, -0.1) is 0 Å². The van der Waals surface area contributed by atoms with E-state index in [1.807, 2.05) is 0 Å². The van der Waals surface area contributed by atoms with E-state index in [9.17, 15) is 5.26 Å². The molecule has 0 aromatic rings. The number of rotatable bonds is 6. The van der Waals surface area contributed by atoms with Crippen LogP contribution in [0.2, 0.25) is 0 Å². The SMILES string of the molecule is CCCCN(CCO)C1CC(C)CCC1C#N. The molecule has 0 aliphatic heterocycles. The Bertz CT molecular complexity index is 249. The average Bonchev–Trinajstić information content (AvgIpc) is 2.34. The first-order chi connectivity index (χ1) is 8.22. The van der Waals surface area contributed by atoms with Gasteiger partial charge in [0, 0.05) is 12.6 Å². The highest BCUT2D eigenvalue weighted by atomic mass is 16.3. The standard InChI is InChI=1S/C14H26N2O/c1-3-4-7-16(8-9-17)14-10-12(2)5-6-13(14)11-15/h12-14,17H,3-10H2,1-2H3.